The van der Waals surface area contributed by atoms with E-state index in [1.807, 2.05) is 0 Å². The summed E-state index contributed by atoms with van der Waals surface area (Å²) >= 11 is 0. The number of aryl methyl sites for hydroxylation is 4. The molecule has 2 aromatic rings. The molecule has 392 valence electrons. The topological polar surface area (TPSA) is 25.3 Å². The summed E-state index contributed by atoms with van der Waals surface area (Å²) in [5.41, 5.74) is 22.6. The minimum Gasteiger partial charge on any atom is -0.493 e. The van der Waals surface area contributed by atoms with Crippen LogP contribution in [-0.4, -0.2) is 4.70 Å². The fraction of sp³-hybridized carbons (Fsp3) is 0.723. The molecule has 0 unspecified atom stereocenters. The first kappa shape index (κ1) is 66.0. The fourth-order valence-corrected chi connectivity index (χ4v) is 9.48. The molecule has 0 saturated carbocycles. The van der Waals surface area contributed by atoms with Crippen LogP contribution in [0.5, 0.6) is 0 Å². The zero-order valence-electron chi connectivity index (χ0n) is 46.5. The van der Waals surface area contributed by atoms with E-state index in [-0.39, 0.29) is 16.5 Å². The van der Waals surface area contributed by atoms with Crippen molar-refractivity contribution in [3.8, 4) is 0 Å². The summed E-state index contributed by atoms with van der Waals surface area (Å²) in [5, 5.41) is 0. The largest absolute Gasteiger partial charge is 2.00 e. The fourth-order valence-electron chi connectivity index (χ4n) is 9.48. The van der Waals surface area contributed by atoms with Crippen LogP contribution in [0.3, 0.4) is 0 Å². The van der Waals surface area contributed by atoms with Crippen LogP contribution < -0.4 is 0 Å². The van der Waals surface area contributed by atoms with Gasteiger partial charge in [-0.05, 0) is 97.9 Å². The van der Waals surface area contributed by atoms with Crippen LogP contribution >= 0.6 is 0 Å². The van der Waals surface area contributed by atoms with Gasteiger partial charge >= 0.3 is 16.5 Å². The van der Waals surface area contributed by atoms with Crippen LogP contribution in [0.2, 0.25) is 0 Å². The Balaban J connectivity index is 0.00000114. The molecule has 0 fully saturated rings. The quantitative estimate of drug-likeness (QED) is 0.0275. The normalized spacial score (nSPS) is 12.1. The van der Waals surface area contributed by atoms with Crippen LogP contribution in [0.1, 0.15) is 313 Å². The molecule has 0 aromatic heterocycles. The van der Waals surface area contributed by atoms with E-state index >= 15 is 0 Å². The molecule has 0 atom stereocenters. The van der Waals surface area contributed by atoms with Crippen LogP contribution in [-0.2, 0) is 42.2 Å². The molecule has 0 saturated heterocycles. The zero-order valence-corrected chi connectivity index (χ0v) is 47.4. The van der Waals surface area contributed by atoms with Crippen LogP contribution in [0, 0.1) is 13.8 Å². The Bertz CT molecular complexity index is 1480. The van der Waals surface area contributed by atoms with Gasteiger partial charge in [-0.25, -0.2) is 4.70 Å². The molecule has 1 aliphatic heterocycles. The molecule has 0 N–H and O–H groups in total. The average molecular weight is 980 g/mol. The Hall–Kier alpha value is -1.99. The summed E-state index contributed by atoms with van der Waals surface area (Å²) in [6.07, 6.45) is 55.5. The van der Waals surface area contributed by atoms with Crippen LogP contribution in [0.4, 0.5) is 0 Å². The predicted octanol–water partition coefficient (Wildman–Crippen LogP) is 22.5. The van der Waals surface area contributed by atoms with Gasteiger partial charge in [-0.2, -0.15) is 12.8 Å². The summed E-state index contributed by atoms with van der Waals surface area (Å²) in [6, 6.07) is 13.9. The van der Waals surface area contributed by atoms with Gasteiger partial charge in [0, 0.05) is 22.8 Å². The summed E-state index contributed by atoms with van der Waals surface area (Å²) in [4.78, 5) is 0. The summed E-state index contributed by atoms with van der Waals surface area (Å²) < 4.78 is 1.50. The average Bonchev–Trinajstić information content (AvgIpc) is 3.68. The van der Waals surface area contributed by atoms with Gasteiger partial charge in [-0.15, -0.1) is 0 Å². The Morgan fingerprint density at radius 2 is 0.662 bits per heavy atom. The second-order valence-corrected chi connectivity index (χ2v) is 20.4. The van der Waals surface area contributed by atoms with Crippen molar-refractivity contribution in [2.45, 2.75) is 305 Å². The maximum absolute atomic E-state index is 11.7. The third kappa shape index (κ3) is 32.1. The molecule has 1 heterocycles. The first-order valence-corrected chi connectivity index (χ1v) is 29.7. The van der Waals surface area contributed by atoms with Crippen molar-refractivity contribution in [3.63, 3.8) is 0 Å². The molecule has 3 rings (SSSR count). The van der Waals surface area contributed by atoms with Gasteiger partial charge in [0.05, 0.1) is 0 Å². The maximum Gasteiger partial charge on any atom is 2.00 e. The standard InChI is InChI=1S/C33H46N2.2C16H33.Ni/c1-6-11-14-17-29-24-32(30-20-25(9-4)18-27(22-30)15-12-7-2)35(34)33(29)31-21-26(10-5)19-28(23-31)16-13-8-3;2*1-3-5-7-9-11-13-15-16-14-12-10-8-6-4-2;/h18-24H,6-17H2,1-5H3;2*1,3-16H2,2H3;/q;2*-1;+2. The third-order valence-electron chi connectivity index (χ3n) is 13.9. The van der Waals surface area contributed by atoms with Crippen molar-refractivity contribution in [3.05, 3.63) is 101 Å². The first-order chi connectivity index (χ1) is 32.9. The Kier molecular flexibility index (Phi) is 46.0. The molecule has 0 amide bonds. The van der Waals surface area contributed by atoms with Crippen molar-refractivity contribution in [1.82, 2.24) is 0 Å². The number of hydrogen-bond donors (Lipinski definition) is 0. The van der Waals surface area contributed by atoms with Gasteiger partial charge in [0.25, 0.3) is 0 Å². The van der Waals surface area contributed by atoms with Gasteiger partial charge in [0.1, 0.15) is 0 Å². The van der Waals surface area contributed by atoms with Crippen molar-refractivity contribution in [1.29, 1.82) is 0 Å². The van der Waals surface area contributed by atoms with E-state index in [0.717, 1.165) is 73.9 Å². The van der Waals surface area contributed by atoms with E-state index in [0.29, 0.717) is 0 Å². The van der Waals surface area contributed by atoms with E-state index in [4.69, 9.17) is 0 Å². The van der Waals surface area contributed by atoms with Gasteiger partial charge in [0.2, 0.25) is 11.4 Å². The second-order valence-electron chi connectivity index (χ2n) is 20.4. The molecule has 1 aliphatic rings. The minimum atomic E-state index is 0. The zero-order chi connectivity index (χ0) is 49.0. The number of unbranched alkanes of at least 4 members (excludes halogenated alkanes) is 30. The van der Waals surface area contributed by atoms with Crippen molar-refractivity contribution < 1.29 is 21.2 Å². The molecule has 2 aromatic carbocycles. The molecule has 0 radical (unpaired) electrons. The minimum absolute atomic E-state index is 0. The van der Waals surface area contributed by atoms with Crippen LogP contribution in [0.25, 0.3) is 16.9 Å². The van der Waals surface area contributed by atoms with Crippen LogP contribution in [0.15, 0.2) is 48.0 Å². The Labute approximate surface area is 436 Å². The number of benzene rings is 2. The summed E-state index contributed by atoms with van der Waals surface area (Å²) in [5.74, 6) is 0. The summed E-state index contributed by atoms with van der Waals surface area (Å²) in [7, 11) is 0. The molecule has 0 aliphatic carbocycles. The monoisotopic (exact) mass is 979 g/mol. The number of rotatable bonds is 40. The Morgan fingerprint density at radius 1 is 0.353 bits per heavy atom. The van der Waals surface area contributed by atoms with E-state index in [2.05, 4.69) is 105 Å². The van der Waals surface area contributed by atoms with Gasteiger partial charge in [-0.1, -0.05) is 253 Å². The third-order valence-corrected chi connectivity index (χ3v) is 13.9. The second kappa shape index (κ2) is 47.3. The molecule has 68 heavy (non-hydrogen) atoms. The van der Waals surface area contributed by atoms with Gasteiger partial charge < -0.3 is 19.4 Å². The van der Waals surface area contributed by atoms with E-state index in [1.165, 1.54) is 238 Å². The van der Waals surface area contributed by atoms with E-state index in [1.54, 1.807) is 0 Å². The van der Waals surface area contributed by atoms with Crippen molar-refractivity contribution >= 4 is 11.4 Å². The maximum atomic E-state index is 11.7. The molecule has 0 spiro atoms. The SMILES string of the molecule is CCCCCC1=C(c2cc(CC)cc(CCCC)c2)[N+](=[N-])C(c2cc(CC)cc(CCCC)c2)=C1.[CH2-]CCCCCCCCCCCCCCC.[CH2-]CCCCCCCCCCCCCCC.[Ni+2]. The van der Waals surface area contributed by atoms with Crippen molar-refractivity contribution in [2.75, 3.05) is 0 Å². The van der Waals surface area contributed by atoms with Gasteiger partial charge in [0.15, 0.2) is 0 Å². The number of allylic oxidation sites excluding steroid dienone is 2. The summed E-state index contributed by atoms with van der Waals surface area (Å²) in [6.45, 7) is 23.5. The molecule has 2 nitrogen and oxygen atoms in total. The first-order valence-electron chi connectivity index (χ1n) is 29.7. The number of hydrogen-bond acceptors (Lipinski definition) is 0. The van der Waals surface area contributed by atoms with E-state index in [9.17, 15) is 5.53 Å². The smallest absolute Gasteiger partial charge is 0.493 e. The molecular weight excluding hydrogens is 867 g/mol. The molecular formula is C65H112N2Ni. The molecule has 3 heteroatoms. The van der Waals surface area contributed by atoms with Gasteiger partial charge in [-0.3, -0.25) is 0 Å². The number of nitrogens with zero attached hydrogens (tertiary/aromatic N) is 2. The predicted molar refractivity (Wildman–Crippen MR) is 303 cm³/mol. The Morgan fingerprint density at radius 3 is 1.01 bits per heavy atom. The van der Waals surface area contributed by atoms with Crippen molar-refractivity contribution in [2.24, 2.45) is 0 Å². The van der Waals surface area contributed by atoms with E-state index < -0.39 is 0 Å². The molecule has 0 bridgehead atoms.